The van der Waals surface area contributed by atoms with Crippen LogP contribution in [-0.2, 0) is 4.79 Å². The van der Waals surface area contributed by atoms with E-state index in [0.717, 1.165) is 12.8 Å². The fourth-order valence-electron chi connectivity index (χ4n) is 3.36. The van der Waals surface area contributed by atoms with Gasteiger partial charge in [-0.1, -0.05) is 27.7 Å². The third-order valence-electron chi connectivity index (χ3n) is 4.68. The molecule has 0 saturated heterocycles. The lowest BCUT2D eigenvalue weighted by Crippen LogP contribution is -2.64. The van der Waals surface area contributed by atoms with E-state index in [1.165, 1.54) is 0 Å². The van der Waals surface area contributed by atoms with Crippen LogP contribution in [0, 0.1) is 17.3 Å². The summed E-state index contributed by atoms with van der Waals surface area (Å²) in [6, 6.07) is 0. The summed E-state index contributed by atoms with van der Waals surface area (Å²) < 4.78 is 0. The van der Waals surface area contributed by atoms with E-state index in [4.69, 9.17) is 5.73 Å². The lowest BCUT2D eigenvalue weighted by Gasteiger charge is -2.53. The molecule has 0 aromatic heterocycles. The van der Waals surface area contributed by atoms with Crippen molar-refractivity contribution in [1.82, 2.24) is 0 Å². The fraction of sp³-hybridized carbons (Fsp3) is 0.923. The molecular formula is C13H25NO2. The summed E-state index contributed by atoms with van der Waals surface area (Å²) in [7, 11) is 0. The maximum atomic E-state index is 11.7. The van der Waals surface area contributed by atoms with E-state index in [-0.39, 0.29) is 5.92 Å². The first-order valence-electron chi connectivity index (χ1n) is 6.32. The van der Waals surface area contributed by atoms with Gasteiger partial charge in [0.25, 0.3) is 0 Å². The normalized spacial score (nSPS) is 40.0. The van der Waals surface area contributed by atoms with Crippen LogP contribution in [-0.4, -0.2) is 16.6 Å². The number of carboxylic acids is 1. The van der Waals surface area contributed by atoms with Gasteiger partial charge in [0.1, 0.15) is 0 Å². The smallest absolute Gasteiger partial charge is 0.311 e. The summed E-state index contributed by atoms with van der Waals surface area (Å²) in [5.41, 5.74) is 5.18. The van der Waals surface area contributed by atoms with Crippen molar-refractivity contribution in [1.29, 1.82) is 0 Å². The molecule has 1 rings (SSSR count). The Morgan fingerprint density at radius 1 is 1.56 bits per heavy atom. The topological polar surface area (TPSA) is 63.3 Å². The Morgan fingerprint density at radius 2 is 2.12 bits per heavy atom. The molecule has 3 nitrogen and oxygen atoms in total. The quantitative estimate of drug-likeness (QED) is 0.779. The van der Waals surface area contributed by atoms with Crippen LogP contribution in [0.5, 0.6) is 0 Å². The van der Waals surface area contributed by atoms with Crippen LogP contribution in [0.3, 0.4) is 0 Å². The molecular weight excluding hydrogens is 202 g/mol. The van der Waals surface area contributed by atoms with Crippen LogP contribution in [0.4, 0.5) is 0 Å². The standard InChI is InChI=1S/C13H25NO2/c1-5-12(11(15)16)8-10(4)6-7-13(12,14)9(2)3/h9-10H,5-8,14H2,1-4H3,(H,15,16). The van der Waals surface area contributed by atoms with E-state index in [0.29, 0.717) is 18.8 Å². The van der Waals surface area contributed by atoms with E-state index >= 15 is 0 Å². The minimum atomic E-state index is -0.737. The van der Waals surface area contributed by atoms with Crippen LogP contribution in [0.2, 0.25) is 0 Å². The van der Waals surface area contributed by atoms with Crippen LogP contribution in [0.15, 0.2) is 0 Å². The lowest BCUT2D eigenvalue weighted by atomic mass is 9.54. The molecule has 1 aliphatic rings. The van der Waals surface area contributed by atoms with E-state index in [2.05, 4.69) is 6.92 Å². The van der Waals surface area contributed by atoms with Gasteiger partial charge in [-0.15, -0.1) is 0 Å². The molecule has 94 valence electrons. The Hall–Kier alpha value is -0.570. The molecule has 0 spiro atoms. The molecule has 1 fully saturated rings. The van der Waals surface area contributed by atoms with Gasteiger partial charge in [-0.05, 0) is 37.5 Å². The van der Waals surface area contributed by atoms with Gasteiger partial charge in [-0.25, -0.2) is 0 Å². The number of carbonyl (C=O) groups is 1. The summed E-state index contributed by atoms with van der Waals surface area (Å²) in [6.45, 7) is 8.18. The van der Waals surface area contributed by atoms with Crippen molar-refractivity contribution in [3.63, 3.8) is 0 Å². The fourth-order valence-corrected chi connectivity index (χ4v) is 3.36. The number of hydrogen-bond acceptors (Lipinski definition) is 2. The summed E-state index contributed by atoms with van der Waals surface area (Å²) in [4.78, 5) is 11.7. The Morgan fingerprint density at radius 3 is 2.50 bits per heavy atom. The van der Waals surface area contributed by atoms with E-state index in [9.17, 15) is 9.90 Å². The second-order valence-corrected chi connectivity index (χ2v) is 5.78. The van der Waals surface area contributed by atoms with Gasteiger partial charge in [0.15, 0.2) is 0 Å². The first kappa shape index (κ1) is 13.5. The molecule has 3 heteroatoms. The van der Waals surface area contributed by atoms with Crippen molar-refractivity contribution in [2.75, 3.05) is 0 Å². The average molecular weight is 227 g/mol. The molecule has 0 heterocycles. The predicted molar refractivity (Wildman–Crippen MR) is 65.1 cm³/mol. The number of rotatable bonds is 3. The zero-order valence-electron chi connectivity index (χ0n) is 10.9. The molecule has 3 unspecified atom stereocenters. The highest BCUT2D eigenvalue weighted by atomic mass is 16.4. The second-order valence-electron chi connectivity index (χ2n) is 5.78. The van der Waals surface area contributed by atoms with Gasteiger partial charge < -0.3 is 10.8 Å². The Kier molecular flexibility index (Phi) is 3.68. The number of aliphatic carboxylic acids is 1. The molecule has 0 aliphatic heterocycles. The molecule has 0 amide bonds. The van der Waals surface area contributed by atoms with E-state index < -0.39 is 16.9 Å². The van der Waals surface area contributed by atoms with Crippen LogP contribution in [0.25, 0.3) is 0 Å². The predicted octanol–water partition coefficient (Wildman–Crippen LogP) is 2.64. The van der Waals surface area contributed by atoms with Crippen molar-refractivity contribution in [3.05, 3.63) is 0 Å². The molecule has 0 radical (unpaired) electrons. The minimum Gasteiger partial charge on any atom is -0.481 e. The van der Waals surface area contributed by atoms with Gasteiger partial charge in [0.05, 0.1) is 5.41 Å². The molecule has 1 aliphatic carbocycles. The van der Waals surface area contributed by atoms with Crippen LogP contribution < -0.4 is 5.73 Å². The zero-order chi connectivity index (χ0) is 12.6. The summed E-state index contributed by atoms with van der Waals surface area (Å²) in [5.74, 6) is -0.0414. The summed E-state index contributed by atoms with van der Waals surface area (Å²) in [5, 5.41) is 9.61. The van der Waals surface area contributed by atoms with Crippen molar-refractivity contribution < 1.29 is 9.90 Å². The number of nitrogens with two attached hydrogens (primary N) is 1. The molecule has 3 N–H and O–H groups in total. The highest BCUT2D eigenvalue weighted by Crippen LogP contribution is 2.50. The van der Waals surface area contributed by atoms with Gasteiger partial charge in [0, 0.05) is 5.54 Å². The maximum absolute atomic E-state index is 11.7. The maximum Gasteiger partial charge on any atom is 0.311 e. The Balaban J connectivity index is 3.19. The van der Waals surface area contributed by atoms with E-state index in [1.807, 2.05) is 20.8 Å². The Bertz CT molecular complexity index is 277. The third-order valence-corrected chi connectivity index (χ3v) is 4.68. The second kappa shape index (κ2) is 4.36. The van der Waals surface area contributed by atoms with E-state index in [1.54, 1.807) is 0 Å². The Labute approximate surface area is 98.4 Å². The van der Waals surface area contributed by atoms with Crippen molar-refractivity contribution in [3.8, 4) is 0 Å². The molecule has 0 aromatic rings. The zero-order valence-corrected chi connectivity index (χ0v) is 10.9. The third kappa shape index (κ3) is 1.75. The van der Waals surface area contributed by atoms with Gasteiger partial charge in [0.2, 0.25) is 0 Å². The van der Waals surface area contributed by atoms with Crippen molar-refractivity contribution in [2.45, 2.75) is 58.9 Å². The summed E-state index contributed by atoms with van der Waals surface area (Å²) in [6.07, 6.45) is 3.21. The molecule has 0 aromatic carbocycles. The van der Waals surface area contributed by atoms with Gasteiger partial charge in [-0.3, -0.25) is 4.79 Å². The SMILES string of the molecule is CCC1(C(=O)O)CC(C)CCC1(N)C(C)C. The monoisotopic (exact) mass is 227 g/mol. The molecule has 16 heavy (non-hydrogen) atoms. The summed E-state index contributed by atoms with van der Waals surface area (Å²) >= 11 is 0. The van der Waals surface area contributed by atoms with Crippen molar-refractivity contribution in [2.24, 2.45) is 23.0 Å². The van der Waals surface area contributed by atoms with Crippen LogP contribution >= 0.6 is 0 Å². The minimum absolute atomic E-state index is 0.205. The lowest BCUT2D eigenvalue weighted by molar-refractivity contribution is -0.161. The number of carboxylic acid groups (broad SMARTS) is 1. The first-order chi connectivity index (χ1) is 7.30. The molecule has 3 atom stereocenters. The molecule has 1 saturated carbocycles. The largest absolute Gasteiger partial charge is 0.481 e. The first-order valence-corrected chi connectivity index (χ1v) is 6.32. The van der Waals surface area contributed by atoms with Gasteiger partial charge >= 0.3 is 5.97 Å². The van der Waals surface area contributed by atoms with Crippen LogP contribution in [0.1, 0.15) is 53.4 Å². The number of hydrogen-bond donors (Lipinski definition) is 2. The highest BCUT2D eigenvalue weighted by Gasteiger charge is 2.57. The average Bonchev–Trinajstić information content (AvgIpc) is 2.21. The van der Waals surface area contributed by atoms with Gasteiger partial charge in [-0.2, -0.15) is 0 Å². The molecule has 0 bridgehead atoms. The van der Waals surface area contributed by atoms with Crippen molar-refractivity contribution >= 4 is 5.97 Å². The highest BCUT2D eigenvalue weighted by molar-refractivity contribution is 5.77.